The zero-order valence-electron chi connectivity index (χ0n) is 18.7. The van der Waals surface area contributed by atoms with Crippen molar-refractivity contribution >= 4 is 11.9 Å². The van der Waals surface area contributed by atoms with Crippen LogP contribution in [0.1, 0.15) is 16.7 Å². The van der Waals surface area contributed by atoms with Gasteiger partial charge in [-0.05, 0) is 47.9 Å². The minimum Gasteiger partial charge on any atom is -0.490 e. The van der Waals surface area contributed by atoms with Crippen molar-refractivity contribution in [3.8, 4) is 11.5 Å². The summed E-state index contributed by atoms with van der Waals surface area (Å²) in [6.07, 6.45) is 0.254. The summed E-state index contributed by atoms with van der Waals surface area (Å²) < 4.78 is 21.6. The predicted octanol–water partition coefficient (Wildman–Crippen LogP) is 4.32. The fourth-order valence-electron chi connectivity index (χ4n) is 3.11. The minimum atomic E-state index is -0.345. The number of esters is 2. The molecule has 6 heteroatoms. The van der Waals surface area contributed by atoms with Gasteiger partial charge in [0.15, 0.2) is 0 Å². The van der Waals surface area contributed by atoms with E-state index in [1.807, 2.05) is 85.8 Å². The number of ether oxygens (including phenoxy) is 4. The van der Waals surface area contributed by atoms with Crippen LogP contribution < -0.4 is 9.47 Å². The Morgan fingerprint density at radius 3 is 1.70 bits per heavy atom. The van der Waals surface area contributed by atoms with Crippen LogP contribution >= 0.6 is 0 Å². The molecule has 0 heterocycles. The quantitative estimate of drug-likeness (QED) is 0.304. The van der Waals surface area contributed by atoms with Crippen molar-refractivity contribution in [2.75, 3.05) is 26.4 Å². The number of benzene rings is 3. The van der Waals surface area contributed by atoms with Crippen LogP contribution in [0.2, 0.25) is 0 Å². The van der Waals surface area contributed by atoms with E-state index in [0.717, 1.165) is 28.2 Å². The van der Waals surface area contributed by atoms with Gasteiger partial charge in [0.1, 0.15) is 37.9 Å². The molecule has 6 nitrogen and oxygen atoms in total. The van der Waals surface area contributed by atoms with Gasteiger partial charge < -0.3 is 18.9 Å². The first-order chi connectivity index (χ1) is 16.1. The van der Waals surface area contributed by atoms with Gasteiger partial charge in [0.2, 0.25) is 0 Å². The van der Waals surface area contributed by atoms with Crippen molar-refractivity contribution in [3.05, 3.63) is 95.6 Å². The molecule has 0 aliphatic rings. The maximum Gasteiger partial charge on any atom is 0.310 e. The molecule has 0 amide bonds. The molecule has 0 aliphatic carbocycles. The number of hydrogen-bond acceptors (Lipinski definition) is 6. The van der Waals surface area contributed by atoms with Crippen molar-refractivity contribution < 1.29 is 28.5 Å². The first-order valence-corrected chi connectivity index (χ1v) is 10.9. The largest absolute Gasteiger partial charge is 0.490 e. The molecule has 0 aliphatic heterocycles. The standard InChI is InChI=1S/C27H28O6/c1-21-12-13-22(19-26(28)32-16-14-30-24-8-4-2-5-9-24)18-23(21)20-27(29)33-17-15-31-25-10-6-3-7-11-25/h2-13,18H,14-17,19-20H2,1H3. The number of carbonyl (C=O) groups is 2. The van der Waals surface area contributed by atoms with Gasteiger partial charge in [-0.15, -0.1) is 0 Å². The Hall–Kier alpha value is -3.80. The number of carbonyl (C=O) groups excluding carboxylic acids is 2. The van der Waals surface area contributed by atoms with Gasteiger partial charge >= 0.3 is 11.9 Å². The van der Waals surface area contributed by atoms with Gasteiger partial charge in [-0.2, -0.15) is 0 Å². The van der Waals surface area contributed by atoms with Gasteiger partial charge in [0, 0.05) is 0 Å². The van der Waals surface area contributed by atoms with Gasteiger partial charge in [-0.1, -0.05) is 54.6 Å². The van der Waals surface area contributed by atoms with Crippen LogP contribution in [0.15, 0.2) is 78.9 Å². The lowest BCUT2D eigenvalue weighted by Crippen LogP contribution is -2.15. The molecule has 3 aromatic carbocycles. The van der Waals surface area contributed by atoms with Crippen molar-refractivity contribution in [1.29, 1.82) is 0 Å². The third kappa shape index (κ3) is 8.69. The summed E-state index contributed by atoms with van der Waals surface area (Å²) in [7, 11) is 0. The monoisotopic (exact) mass is 448 g/mol. The van der Waals surface area contributed by atoms with E-state index in [0.29, 0.717) is 0 Å². The topological polar surface area (TPSA) is 71.1 Å². The molecule has 0 bridgehead atoms. The fourth-order valence-corrected chi connectivity index (χ4v) is 3.11. The maximum absolute atomic E-state index is 12.2. The lowest BCUT2D eigenvalue weighted by atomic mass is 10.0. The molecule has 33 heavy (non-hydrogen) atoms. The van der Waals surface area contributed by atoms with Crippen LogP contribution in [0.25, 0.3) is 0 Å². The Balaban J connectivity index is 1.38. The second kappa shape index (κ2) is 12.9. The smallest absolute Gasteiger partial charge is 0.310 e. The molecule has 0 fully saturated rings. The maximum atomic E-state index is 12.2. The number of para-hydroxylation sites is 2. The SMILES string of the molecule is Cc1ccc(CC(=O)OCCOc2ccccc2)cc1CC(=O)OCCOc1ccccc1. The molecule has 0 saturated heterocycles. The highest BCUT2D eigenvalue weighted by atomic mass is 16.6. The predicted molar refractivity (Wildman–Crippen MR) is 124 cm³/mol. The normalized spacial score (nSPS) is 10.3. The van der Waals surface area contributed by atoms with E-state index in [1.165, 1.54) is 0 Å². The lowest BCUT2D eigenvalue weighted by molar-refractivity contribution is -0.144. The average Bonchev–Trinajstić information content (AvgIpc) is 2.83. The Bertz CT molecular complexity index is 1020. The van der Waals surface area contributed by atoms with Crippen LogP contribution in [0.5, 0.6) is 11.5 Å². The van der Waals surface area contributed by atoms with Crippen LogP contribution in [-0.4, -0.2) is 38.4 Å². The van der Waals surface area contributed by atoms with Crippen molar-refractivity contribution in [2.24, 2.45) is 0 Å². The molecule has 172 valence electrons. The van der Waals surface area contributed by atoms with E-state index in [1.54, 1.807) is 0 Å². The van der Waals surface area contributed by atoms with E-state index >= 15 is 0 Å². The third-order valence-corrected chi connectivity index (χ3v) is 4.81. The summed E-state index contributed by atoms with van der Waals surface area (Å²) >= 11 is 0. The summed E-state index contributed by atoms with van der Waals surface area (Å²) in [5.41, 5.74) is 2.56. The molecule has 0 atom stereocenters. The molecule has 0 unspecified atom stereocenters. The Morgan fingerprint density at radius 1 is 0.636 bits per heavy atom. The molecule has 3 aromatic rings. The second-order valence-electron chi connectivity index (χ2n) is 7.38. The van der Waals surface area contributed by atoms with Gasteiger partial charge in [0.05, 0.1) is 12.8 Å². The highest BCUT2D eigenvalue weighted by Gasteiger charge is 2.11. The number of aryl methyl sites for hydroxylation is 1. The first kappa shape index (κ1) is 23.9. The Morgan fingerprint density at radius 2 is 1.15 bits per heavy atom. The molecular weight excluding hydrogens is 420 g/mol. The zero-order chi connectivity index (χ0) is 23.3. The minimum absolute atomic E-state index is 0.124. The van der Waals surface area contributed by atoms with Crippen LogP contribution in [-0.2, 0) is 31.9 Å². The van der Waals surface area contributed by atoms with E-state index in [4.69, 9.17) is 18.9 Å². The molecular formula is C27H28O6. The van der Waals surface area contributed by atoms with E-state index < -0.39 is 0 Å². The van der Waals surface area contributed by atoms with E-state index in [2.05, 4.69) is 0 Å². The van der Waals surface area contributed by atoms with Crippen molar-refractivity contribution in [1.82, 2.24) is 0 Å². The zero-order valence-corrected chi connectivity index (χ0v) is 18.7. The van der Waals surface area contributed by atoms with Gasteiger partial charge in [-0.25, -0.2) is 0 Å². The molecule has 0 N–H and O–H groups in total. The van der Waals surface area contributed by atoms with Crippen LogP contribution in [0.3, 0.4) is 0 Å². The highest BCUT2D eigenvalue weighted by Crippen LogP contribution is 2.14. The molecule has 0 radical (unpaired) electrons. The fraction of sp³-hybridized carbons (Fsp3) is 0.259. The molecule has 0 saturated carbocycles. The molecule has 0 aromatic heterocycles. The Kier molecular flexibility index (Phi) is 9.33. The third-order valence-electron chi connectivity index (χ3n) is 4.81. The van der Waals surface area contributed by atoms with Crippen LogP contribution in [0.4, 0.5) is 0 Å². The summed E-state index contributed by atoms with van der Waals surface area (Å²) in [6.45, 7) is 2.83. The lowest BCUT2D eigenvalue weighted by Gasteiger charge is -2.11. The average molecular weight is 449 g/mol. The van der Waals surface area contributed by atoms with Crippen molar-refractivity contribution in [2.45, 2.75) is 19.8 Å². The summed E-state index contributed by atoms with van der Waals surface area (Å²) in [6, 6.07) is 24.3. The van der Waals surface area contributed by atoms with Crippen molar-refractivity contribution in [3.63, 3.8) is 0 Å². The highest BCUT2D eigenvalue weighted by molar-refractivity contribution is 5.74. The summed E-state index contributed by atoms with van der Waals surface area (Å²) in [5.74, 6) is 0.778. The Labute approximate surface area is 194 Å². The van der Waals surface area contributed by atoms with Gasteiger partial charge in [0.25, 0.3) is 0 Å². The molecule has 0 spiro atoms. The number of hydrogen-bond donors (Lipinski definition) is 0. The van der Waals surface area contributed by atoms with E-state index in [9.17, 15) is 9.59 Å². The first-order valence-electron chi connectivity index (χ1n) is 10.9. The second-order valence-corrected chi connectivity index (χ2v) is 7.38. The number of rotatable bonds is 12. The molecule has 3 rings (SSSR count). The van der Waals surface area contributed by atoms with Gasteiger partial charge in [-0.3, -0.25) is 9.59 Å². The summed E-state index contributed by atoms with van der Waals surface area (Å²) in [4.78, 5) is 24.4. The summed E-state index contributed by atoms with van der Waals surface area (Å²) in [5, 5.41) is 0. The van der Waals surface area contributed by atoms with Crippen LogP contribution in [0, 0.1) is 6.92 Å². The van der Waals surface area contributed by atoms with E-state index in [-0.39, 0.29) is 51.2 Å².